The number of nitrogens with two attached hydrogens (primary N) is 2. The molecule has 1 saturated carbocycles. The second-order valence-electron chi connectivity index (χ2n) is 8.90. The van der Waals surface area contributed by atoms with Gasteiger partial charge in [0.05, 0.1) is 18.1 Å². The number of carboxylic acid groups (broad SMARTS) is 1. The Morgan fingerprint density at radius 2 is 1.82 bits per heavy atom. The van der Waals surface area contributed by atoms with Crippen LogP contribution in [0, 0.1) is 11.8 Å². The molecule has 5 atom stereocenters. The Morgan fingerprint density at radius 1 is 1.25 bits per heavy atom. The normalized spacial score (nSPS) is 24.6. The van der Waals surface area contributed by atoms with E-state index in [2.05, 4.69) is 0 Å². The van der Waals surface area contributed by atoms with E-state index in [1.54, 1.807) is 7.11 Å². The van der Waals surface area contributed by atoms with Crippen molar-refractivity contribution in [2.45, 2.75) is 76.7 Å². The minimum Gasteiger partial charge on any atom is -0.481 e. The first-order valence-corrected chi connectivity index (χ1v) is 10.0. The van der Waals surface area contributed by atoms with Gasteiger partial charge in [0.25, 0.3) is 0 Å². The first kappa shape index (κ1) is 24.6. The van der Waals surface area contributed by atoms with Crippen LogP contribution in [-0.4, -0.2) is 47.1 Å². The van der Waals surface area contributed by atoms with E-state index in [0.29, 0.717) is 19.3 Å². The van der Waals surface area contributed by atoms with Crippen LogP contribution in [0.15, 0.2) is 30.3 Å². The maximum Gasteiger partial charge on any atom is 0.306 e. The van der Waals surface area contributed by atoms with Crippen LogP contribution in [0.3, 0.4) is 0 Å². The van der Waals surface area contributed by atoms with Gasteiger partial charge in [-0.15, -0.1) is 0 Å². The number of aliphatic carboxylic acids is 1. The van der Waals surface area contributed by atoms with Crippen molar-refractivity contribution < 1.29 is 19.7 Å². The Morgan fingerprint density at radius 3 is 2.32 bits per heavy atom. The first-order valence-electron chi connectivity index (χ1n) is 10.0. The van der Waals surface area contributed by atoms with Crippen molar-refractivity contribution in [2.75, 3.05) is 7.11 Å². The number of hydrogen-bond acceptors (Lipinski definition) is 5. The predicted molar refractivity (Wildman–Crippen MR) is 112 cm³/mol. The number of ether oxygens (including phenoxy) is 1. The zero-order valence-electron chi connectivity index (χ0n) is 17.7. The summed E-state index contributed by atoms with van der Waals surface area (Å²) in [5.74, 6) is -1.32. The molecule has 1 aliphatic rings. The van der Waals surface area contributed by atoms with Crippen molar-refractivity contribution in [1.29, 1.82) is 0 Å². The second-order valence-corrected chi connectivity index (χ2v) is 8.90. The van der Waals surface area contributed by atoms with E-state index in [1.807, 2.05) is 51.1 Å². The van der Waals surface area contributed by atoms with Crippen molar-refractivity contribution in [3.63, 3.8) is 0 Å². The number of aliphatic hydroxyl groups is 1. The molecule has 0 spiro atoms. The van der Waals surface area contributed by atoms with E-state index >= 15 is 0 Å². The third kappa shape index (κ3) is 9.64. The molecule has 0 heterocycles. The summed E-state index contributed by atoms with van der Waals surface area (Å²) in [6.45, 7) is 5.90. The van der Waals surface area contributed by atoms with Crippen LogP contribution in [0.2, 0.25) is 0 Å². The van der Waals surface area contributed by atoms with Gasteiger partial charge >= 0.3 is 5.97 Å². The fourth-order valence-electron chi connectivity index (χ4n) is 3.50. The Bertz CT molecular complexity index is 568. The highest BCUT2D eigenvalue weighted by atomic mass is 16.5. The molecule has 5 unspecified atom stereocenters. The van der Waals surface area contributed by atoms with Gasteiger partial charge in [-0.3, -0.25) is 4.79 Å². The summed E-state index contributed by atoms with van der Waals surface area (Å²) in [5.41, 5.74) is 12.6. The third-order valence-electron chi connectivity index (χ3n) is 4.95. The summed E-state index contributed by atoms with van der Waals surface area (Å²) < 4.78 is 5.30. The molecule has 0 radical (unpaired) electrons. The molecule has 28 heavy (non-hydrogen) atoms. The van der Waals surface area contributed by atoms with Gasteiger partial charge in [-0.2, -0.15) is 0 Å². The second kappa shape index (κ2) is 11.5. The molecule has 0 aromatic heterocycles. The number of carbonyl (C=O) groups is 1. The largest absolute Gasteiger partial charge is 0.481 e. The summed E-state index contributed by atoms with van der Waals surface area (Å²) >= 11 is 0. The summed E-state index contributed by atoms with van der Waals surface area (Å²) in [6, 6.07) is 9.42. The van der Waals surface area contributed by atoms with Crippen molar-refractivity contribution in [2.24, 2.45) is 23.3 Å². The highest BCUT2D eigenvalue weighted by Gasteiger charge is 2.37. The minimum absolute atomic E-state index is 0. The van der Waals surface area contributed by atoms with E-state index in [1.165, 1.54) is 0 Å². The van der Waals surface area contributed by atoms with E-state index in [0.717, 1.165) is 18.4 Å². The zero-order valence-corrected chi connectivity index (χ0v) is 17.7. The van der Waals surface area contributed by atoms with Gasteiger partial charge in [0, 0.05) is 18.7 Å². The molecule has 0 saturated heterocycles. The lowest BCUT2D eigenvalue weighted by Gasteiger charge is -2.35. The lowest BCUT2D eigenvalue weighted by molar-refractivity contribution is -0.147. The van der Waals surface area contributed by atoms with Gasteiger partial charge in [-0.05, 0) is 64.4 Å². The molecule has 1 aliphatic carbocycles. The lowest BCUT2D eigenvalue weighted by Crippen LogP contribution is -2.41. The van der Waals surface area contributed by atoms with E-state index in [9.17, 15) is 15.0 Å². The van der Waals surface area contributed by atoms with Gasteiger partial charge in [0.1, 0.15) is 0 Å². The number of hydrogen-bond donors (Lipinski definition) is 4. The number of benzene rings is 1. The smallest absolute Gasteiger partial charge is 0.306 e. The standard InChI is InChI=1S/C18H27NO4.C4H11N/c1-23-14-8-7-13(15(11-14)18(21)22)10-17(20)16(19)9-12-5-3-2-4-6-12;1-4(2,3)5/h2-6,13-17,20H,7-11,19H2,1H3,(H,21,22);5H2,1-3H3. The molecule has 2 rings (SSSR count). The number of carboxylic acids is 1. The minimum atomic E-state index is -0.805. The fourth-order valence-corrected chi connectivity index (χ4v) is 3.50. The molecular weight excluding hydrogens is 356 g/mol. The van der Waals surface area contributed by atoms with Crippen molar-refractivity contribution in [1.82, 2.24) is 0 Å². The quantitative estimate of drug-likeness (QED) is 0.564. The average molecular weight is 395 g/mol. The highest BCUT2D eigenvalue weighted by molar-refractivity contribution is 5.70. The molecule has 6 N–H and O–H groups in total. The topological polar surface area (TPSA) is 119 Å². The molecule has 1 fully saturated rings. The van der Waals surface area contributed by atoms with Crippen molar-refractivity contribution in [3.8, 4) is 0 Å². The number of methoxy groups -OCH3 is 1. The fraction of sp³-hybridized carbons (Fsp3) is 0.682. The SMILES string of the molecule is CC(C)(C)N.COC1CCC(CC(O)C(N)Cc2ccccc2)C(C(=O)O)C1. The van der Waals surface area contributed by atoms with Crippen LogP contribution in [0.1, 0.15) is 52.0 Å². The highest BCUT2D eigenvalue weighted by Crippen LogP contribution is 2.35. The van der Waals surface area contributed by atoms with Crippen molar-refractivity contribution >= 4 is 5.97 Å². The molecule has 6 nitrogen and oxygen atoms in total. The Hall–Kier alpha value is -1.47. The molecule has 0 aliphatic heterocycles. The molecular formula is C22H38N2O4. The van der Waals surface area contributed by atoms with Crippen LogP contribution in [-0.2, 0) is 16.0 Å². The molecule has 6 heteroatoms. The maximum absolute atomic E-state index is 11.5. The van der Waals surface area contributed by atoms with E-state index < -0.39 is 18.0 Å². The zero-order chi connectivity index (χ0) is 21.3. The van der Waals surface area contributed by atoms with Crippen LogP contribution >= 0.6 is 0 Å². The van der Waals surface area contributed by atoms with Crippen LogP contribution in [0.4, 0.5) is 0 Å². The molecule has 0 amide bonds. The van der Waals surface area contributed by atoms with E-state index in [-0.39, 0.29) is 23.6 Å². The molecule has 1 aromatic carbocycles. The summed E-state index contributed by atoms with van der Waals surface area (Å²) in [5, 5.41) is 19.8. The molecule has 160 valence electrons. The Balaban J connectivity index is 0.000000696. The van der Waals surface area contributed by atoms with Crippen LogP contribution in [0.25, 0.3) is 0 Å². The Kier molecular flexibility index (Phi) is 10.1. The summed E-state index contributed by atoms with van der Waals surface area (Å²) in [4.78, 5) is 11.5. The summed E-state index contributed by atoms with van der Waals surface area (Å²) in [6.07, 6.45) is 2.44. The average Bonchev–Trinajstić information content (AvgIpc) is 2.61. The number of rotatable bonds is 7. The summed E-state index contributed by atoms with van der Waals surface area (Å²) in [7, 11) is 1.62. The van der Waals surface area contributed by atoms with E-state index in [4.69, 9.17) is 16.2 Å². The van der Waals surface area contributed by atoms with Gasteiger partial charge in [-0.25, -0.2) is 0 Å². The predicted octanol–water partition coefficient (Wildman–Crippen LogP) is 2.57. The van der Waals surface area contributed by atoms with Crippen LogP contribution in [0.5, 0.6) is 0 Å². The molecule has 1 aromatic rings. The van der Waals surface area contributed by atoms with Gasteiger partial charge in [0.2, 0.25) is 0 Å². The lowest BCUT2D eigenvalue weighted by atomic mass is 9.74. The van der Waals surface area contributed by atoms with Gasteiger partial charge in [0.15, 0.2) is 0 Å². The number of aliphatic hydroxyl groups excluding tert-OH is 1. The third-order valence-corrected chi connectivity index (χ3v) is 4.95. The van der Waals surface area contributed by atoms with Crippen LogP contribution < -0.4 is 11.5 Å². The first-order chi connectivity index (χ1) is 13.0. The molecule has 0 bridgehead atoms. The monoisotopic (exact) mass is 394 g/mol. The maximum atomic E-state index is 11.5. The van der Waals surface area contributed by atoms with Crippen molar-refractivity contribution in [3.05, 3.63) is 35.9 Å². The Labute approximate surface area is 169 Å². The van der Waals surface area contributed by atoms with Gasteiger partial charge in [-0.1, -0.05) is 30.3 Å². The van der Waals surface area contributed by atoms with Gasteiger partial charge < -0.3 is 26.4 Å².